The maximum Gasteiger partial charge on any atom is 0.264 e. The third kappa shape index (κ3) is 4.43. The molecular weight excluding hydrogens is 306 g/mol. The van der Waals surface area contributed by atoms with Gasteiger partial charge in [0.2, 0.25) is 10.5 Å². The molecule has 1 heterocycles. The van der Waals surface area contributed by atoms with Crippen molar-refractivity contribution < 1.29 is 17.5 Å². The summed E-state index contributed by atoms with van der Waals surface area (Å²) in [5.74, 6) is -0.175. The molecule has 0 aliphatic carbocycles. The van der Waals surface area contributed by atoms with E-state index < -0.39 is 10.1 Å². The highest BCUT2D eigenvalue weighted by Gasteiger charge is 2.15. The summed E-state index contributed by atoms with van der Waals surface area (Å²) in [7, 11) is -3.86. The van der Waals surface area contributed by atoms with Crippen molar-refractivity contribution in [2.45, 2.75) is 31.3 Å². The summed E-state index contributed by atoms with van der Waals surface area (Å²) in [6.45, 7) is 2.81. The molecule has 114 valence electrons. The smallest absolute Gasteiger partial charge is 0.264 e. The van der Waals surface area contributed by atoms with Gasteiger partial charge in [0.15, 0.2) is 0 Å². The first-order valence-electron chi connectivity index (χ1n) is 6.83. The molecule has 1 aromatic heterocycles. The molecule has 1 aromatic carbocycles. The van der Waals surface area contributed by atoms with Gasteiger partial charge in [-0.15, -0.1) is 0 Å². The zero-order chi connectivity index (χ0) is 15.5. The number of hydrogen-bond donors (Lipinski definition) is 1. The Bertz CT molecular complexity index is 742. The van der Waals surface area contributed by atoms with Crippen molar-refractivity contribution in [3.05, 3.63) is 35.9 Å². The fraction of sp³-hybridized carbons (Fsp3) is 0.400. The number of fused-ring (bicyclic) bond motifs is 1. The second-order valence-electron chi connectivity index (χ2n) is 5.08. The Morgan fingerprint density at radius 2 is 1.95 bits per heavy atom. The number of nitrogens with zero attached hydrogens (tertiary/aromatic N) is 1. The first kappa shape index (κ1) is 16.3. The van der Waals surface area contributed by atoms with E-state index in [2.05, 4.69) is 41.8 Å². The van der Waals surface area contributed by atoms with E-state index in [1.165, 1.54) is 10.9 Å². The summed E-state index contributed by atoms with van der Waals surface area (Å²) in [4.78, 5) is 0. The van der Waals surface area contributed by atoms with Crippen molar-refractivity contribution in [1.82, 2.24) is 0 Å². The van der Waals surface area contributed by atoms with Crippen LogP contribution in [-0.2, 0) is 16.7 Å². The van der Waals surface area contributed by atoms with Crippen LogP contribution in [0.5, 0.6) is 0 Å². The Balaban J connectivity index is 2.24. The number of thioether (sulfide) groups is 1. The third-order valence-corrected chi connectivity index (χ3v) is 4.97. The van der Waals surface area contributed by atoms with Crippen LogP contribution in [0, 0.1) is 6.92 Å². The van der Waals surface area contributed by atoms with E-state index in [-0.39, 0.29) is 5.75 Å². The van der Waals surface area contributed by atoms with Crippen LogP contribution in [0.1, 0.15) is 18.4 Å². The molecule has 0 atom stereocenters. The number of benzene rings is 1. The SMILES string of the molecule is CSc1ccc2cc(C)ccc2[n+]1CCCCS(=O)(=O)O. The second kappa shape index (κ2) is 6.77. The highest BCUT2D eigenvalue weighted by Crippen LogP contribution is 2.18. The van der Waals surface area contributed by atoms with Crippen LogP contribution in [-0.4, -0.2) is 25.0 Å². The first-order valence-corrected chi connectivity index (χ1v) is 9.66. The average Bonchev–Trinajstić information content (AvgIpc) is 2.42. The van der Waals surface area contributed by atoms with Crippen LogP contribution >= 0.6 is 11.8 Å². The van der Waals surface area contributed by atoms with Crippen LogP contribution < -0.4 is 4.57 Å². The minimum atomic E-state index is -3.86. The Hall–Kier alpha value is -1.11. The minimum Gasteiger partial charge on any atom is -0.286 e. The Labute approximate surface area is 129 Å². The molecule has 1 N–H and O–H groups in total. The summed E-state index contributed by atoms with van der Waals surface area (Å²) in [6.07, 6.45) is 3.21. The second-order valence-corrected chi connectivity index (χ2v) is 7.48. The molecule has 0 saturated carbocycles. The minimum absolute atomic E-state index is 0.175. The van der Waals surface area contributed by atoms with Crippen LogP contribution in [0.25, 0.3) is 10.9 Å². The number of rotatable bonds is 6. The van der Waals surface area contributed by atoms with Crippen LogP contribution in [0.2, 0.25) is 0 Å². The van der Waals surface area contributed by atoms with Gasteiger partial charge in [0.05, 0.1) is 5.75 Å². The standard InChI is InChI=1S/C15H19NO3S2/c1-12-5-7-14-13(11-12)6-8-15(20-2)16(14)9-3-4-10-21(17,18)19/h5-8,11H,3-4,9-10H2,1-2H3/p+1. The molecule has 4 nitrogen and oxygen atoms in total. The van der Waals surface area contributed by atoms with E-state index in [4.69, 9.17) is 4.55 Å². The molecule has 0 amide bonds. The molecule has 0 aliphatic heterocycles. The van der Waals surface area contributed by atoms with Gasteiger partial charge in [0.1, 0.15) is 6.54 Å². The third-order valence-electron chi connectivity index (χ3n) is 3.39. The monoisotopic (exact) mass is 326 g/mol. The number of aromatic nitrogens is 1. The quantitative estimate of drug-likeness (QED) is 0.384. The lowest BCUT2D eigenvalue weighted by atomic mass is 10.1. The maximum absolute atomic E-state index is 10.8. The first-order chi connectivity index (χ1) is 9.90. The van der Waals surface area contributed by atoms with Gasteiger partial charge in [-0.05, 0) is 31.7 Å². The van der Waals surface area contributed by atoms with E-state index in [0.717, 1.165) is 17.1 Å². The van der Waals surface area contributed by atoms with Crippen molar-refractivity contribution in [1.29, 1.82) is 0 Å². The lowest BCUT2D eigenvalue weighted by Crippen LogP contribution is -2.37. The van der Waals surface area contributed by atoms with Gasteiger partial charge >= 0.3 is 0 Å². The molecule has 0 spiro atoms. The Morgan fingerprint density at radius 1 is 1.19 bits per heavy atom. The Morgan fingerprint density at radius 3 is 2.62 bits per heavy atom. The van der Waals surface area contributed by atoms with Gasteiger partial charge in [-0.3, -0.25) is 4.55 Å². The lowest BCUT2D eigenvalue weighted by Gasteiger charge is -2.06. The normalized spacial score (nSPS) is 12.0. The van der Waals surface area contributed by atoms with E-state index in [1.807, 2.05) is 6.26 Å². The molecule has 0 fully saturated rings. The van der Waals surface area contributed by atoms with Gasteiger partial charge in [0.25, 0.3) is 10.1 Å². The van der Waals surface area contributed by atoms with Crippen molar-refractivity contribution in [3.63, 3.8) is 0 Å². The molecule has 0 aliphatic rings. The molecule has 21 heavy (non-hydrogen) atoms. The number of unbranched alkanes of at least 4 members (excludes halogenated alkanes) is 1. The number of pyridine rings is 1. The zero-order valence-electron chi connectivity index (χ0n) is 12.2. The lowest BCUT2D eigenvalue weighted by molar-refractivity contribution is -0.708. The van der Waals surface area contributed by atoms with Crippen molar-refractivity contribution in [2.24, 2.45) is 0 Å². The van der Waals surface area contributed by atoms with Gasteiger partial charge in [0, 0.05) is 23.9 Å². The predicted molar refractivity (Wildman–Crippen MR) is 86.3 cm³/mol. The van der Waals surface area contributed by atoms with E-state index in [0.29, 0.717) is 12.8 Å². The summed E-state index contributed by atoms with van der Waals surface area (Å²) in [5.41, 5.74) is 2.37. The van der Waals surface area contributed by atoms with Crippen molar-refractivity contribution >= 4 is 32.8 Å². The van der Waals surface area contributed by atoms with E-state index >= 15 is 0 Å². The summed E-state index contributed by atoms with van der Waals surface area (Å²) >= 11 is 1.67. The molecule has 0 radical (unpaired) electrons. The van der Waals surface area contributed by atoms with Crippen molar-refractivity contribution in [2.75, 3.05) is 12.0 Å². The van der Waals surface area contributed by atoms with Gasteiger partial charge in [-0.2, -0.15) is 13.0 Å². The largest absolute Gasteiger partial charge is 0.286 e. The molecule has 2 rings (SSSR count). The fourth-order valence-electron chi connectivity index (χ4n) is 2.39. The molecule has 0 saturated heterocycles. The Kier molecular flexibility index (Phi) is 5.24. The average molecular weight is 326 g/mol. The van der Waals surface area contributed by atoms with E-state index in [1.54, 1.807) is 11.8 Å². The summed E-state index contributed by atoms with van der Waals surface area (Å²) < 4.78 is 32.5. The topological polar surface area (TPSA) is 58.2 Å². The van der Waals surface area contributed by atoms with Crippen LogP contribution in [0.15, 0.2) is 35.4 Å². The van der Waals surface area contributed by atoms with Crippen LogP contribution in [0.4, 0.5) is 0 Å². The van der Waals surface area contributed by atoms with Gasteiger partial charge < -0.3 is 0 Å². The van der Waals surface area contributed by atoms with Crippen molar-refractivity contribution in [3.8, 4) is 0 Å². The highest BCUT2D eigenvalue weighted by atomic mass is 32.2. The molecular formula is C15H20NO3S2+. The van der Waals surface area contributed by atoms with Gasteiger partial charge in [-0.25, -0.2) is 0 Å². The van der Waals surface area contributed by atoms with Crippen LogP contribution in [0.3, 0.4) is 0 Å². The molecule has 6 heteroatoms. The summed E-state index contributed by atoms with van der Waals surface area (Å²) in [5, 5.41) is 2.33. The van der Waals surface area contributed by atoms with E-state index in [9.17, 15) is 8.42 Å². The molecule has 0 unspecified atom stereocenters. The molecule has 0 bridgehead atoms. The molecule has 2 aromatic rings. The maximum atomic E-state index is 10.8. The number of hydrogen-bond acceptors (Lipinski definition) is 3. The summed E-state index contributed by atoms with van der Waals surface area (Å²) in [6, 6.07) is 10.5. The zero-order valence-corrected chi connectivity index (χ0v) is 13.9. The highest BCUT2D eigenvalue weighted by molar-refractivity contribution is 7.98. The fourth-order valence-corrected chi connectivity index (χ4v) is 3.57. The van der Waals surface area contributed by atoms with Gasteiger partial charge in [-0.1, -0.05) is 23.4 Å². The predicted octanol–water partition coefficient (Wildman–Crippen LogP) is 2.83. The number of aryl methyl sites for hydroxylation is 2.